The summed E-state index contributed by atoms with van der Waals surface area (Å²) in [4.78, 5) is 2.38. The van der Waals surface area contributed by atoms with Crippen LogP contribution in [-0.4, -0.2) is 11.9 Å². The summed E-state index contributed by atoms with van der Waals surface area (Å²) in [6.07, 6.45) is 4.49. The number of benzene rings is 3. The zero-order chi connectivity index (χ0) is 16.6. The van der Waals surface area contributed by atoms with Crippen molar-refractivity contribution in [3.8, 4) is 0 Å². The highest BCUT2D eigenvalue weighted by atomic mass is 15.1. The molecule has 0 fully saturated rings. The van der Waals surface area contributed by atoms with Crippen molar-refractivity contribution < 1.29 is 0 Å². The highest BCUT2D eigenvalue weighted by Crippen LogP contribution is 2.23. The first-order valence-electron chi connectivity index (χ1n) is 8.35. The molecule has 0 heterocycles. The smallest absolute Gasteiger partial charge is 0.0535 e. The molecule has 1 heteroatoms. The monoisotopic (exact) mass is 313 g/mol. The molecule has 0 unspecified atom stereocenters. The Labute approximate surface area is 144 Å². The van der Waals surface area contributed by atoms with Crippen LogP contribution in [0.2, 0.25) is 0 Å². The first-order valence-corrected chi connectivity index (χ1v) is 8.35. The zero-order valence-corrected chi connectivity index (χ0v) is 14.0. The van der Waals surface area contributed by atoms with Crippen molar-refractivity contribution in [3.05, 3.63) is 114 Å². The van der Waals surface area contributed by atoms with Gasteiger partial charge in [0.25, 0.3) is 0 Å². The Morgan fingerprint density at radius 2 is 1.29 bits per heavy atom. The standard InChI is InChI=1S/C23H23N/c1-24(19-21-13-7-3-8-14-21)23(22-15-9-4-10-16-22)18-17-20-11-5-2-6-12-20/h2-18,23H,19H2,1H3/b18-17+/t23-/m0/s1. The van der Waals surface area contributed by atoms with E-state index in [1.807, 2.05) is 6.07 Å². The maximum absolute atomic E-state index is 2.38. The van der Waals surface area contributed by atoms with Gasteiger partial charge in [0.15, 0.2) is 0 Å². The van der Waals surface area contributed by atoms with E-state index in [2.05, 4.69) is 109 Å². The maximum atomic E-state index is 2.38. The molecule has 0 aromatic heterocycles. The Balaban J connectivity index is 1.83. The lowest BCUT2D eigenvalue weighted by Crippen LogP contribution is -2.22. The van der Waals surface area contributed by atoms with Gasteiger partial charge in [0.2, 0.25) is 0 Å². The van der Waals surface area contributed by atoms with E-state index in [-0.39, 0.29) is 6.04 Å². The average Bonchev–Trinajstić information content (AvgIpc) is 2.64. The first kappa shape index (κ1) is 16.2. The lowest BCUT2D eigenvalue weighted by molar-refractivity contribution is 0.278. The van der Waals surface area contributed by atoms with E-state index in [1.165, 1.54) is 16.7 Å². The third-order valence-electron chi connectivity index (χ3n) is 4.16. The quantitative estimate of drug-likeness (QED) is 0.575. The summed E-state index contributed by atoms with van der Waals surface area (Å²) in [7, 11) is 2.18. The minimum Gasteiger partial charge on any atom is -0.292 e. The number of rotatable bonds is 6. The molecule has 0 aliphatic heterocycles. The van der Waals surface area contributed by atoms with Crippen molar-refractivity contribution in [1.82, 2.24) is 4.90 Å². The molecule has 0 saturated heterocycles. The van der Waals surface area contributed by atoms with E-state index in [1.54, 1.807) is 0 Å². The Morgan fingerprint density at radius 3 is 1.92 bits per heavy atom. The molecule has 3 rings (SSSR count). The van der Waals surface area contributed by atoms with Gasteiger partial charge >= 0.3 is 0 Å². The summed E-state index contributed by atoms with van der Waals surface area (Å²) in [5.41, 5.74) is 3.86. The van der Waals surface area contributed by atoms with E-state index in [0.717, 1.165) is 6.54 Å². The van der Waals surface area contributed by atoms with Crippen molar-refractivity contribution in [2.45, 2.75) is 12.6 Å². The van der Waals surface area contributed by atoms with Gasteiger partial charge in [-0.2, -0.15) is 0 Å². The van der Waals surface area contributed by atoms with E-state index >= 15 is 0 Å². The fourth-order valence-corrected chi connectivity index (χ4v) is 2.90. The number of nitrogens with zero attached hydrogens (tertiary/aromatic N) is 1. The summed E-state index contributed by atoms with van der Waals surface area (Å²) in [5, 5.41) is 0. The molecule has 0 bridgehead atoms. The molecule has 0 aliphatic rings. The van der Waals surface area contributed by atoms with Gasteiger partial charge in [-0.05, 0) is 23.7 Å². The van der Waals surface area contributed by atoms with Crippen molar-refractivity contribution >= 4 is 6.08 Å². The van der Waals surface area contributed by atoms with Crippen molar-refractivity contribution in [1.29, 1.82) is 0 Å². The Bertz CT molecular complexity index is 748. The molecule has 1 atom stereocenters. The molecule has 120 valence electrons. The molecule has 0 aliphatic carbocycles. The van der Waals surface area contributed by atoms with Crippen molar-refractivity contribution in [3.63, 3.8) is 0 Å². The molecule has 0 radical (unpaired) electrons. The van der Waals surface area contributed by atoms with Crippen molar-refractivity contribution in [2.24, 2.45) is 0 Å². The summed E-state index contributed by atoms with van der Waals surface area (Å²) in [6, 6.07) is 32.0. The van der Waals surface area contributed by atoms with Gasteiger partial charge in [0, 0.05) is 6.54 Å². The van der Waals surface area contributed by atoms with Crippen LogP contribution in [0.1, 0.15) is 22.7 Å². The normalized spacial score (nSPS) is 12.6. The van der Waals surface area contributed by atoms with Crippen molar-refractivity contribution in [2.75, 3.05) is 7.05 Å². The highest BCUT2D eigenvalue weighted by Gasteiger charge is 2.14. The molecule has 3 aromatic carbocycles. The van der Waals surface area contributed by atoms with Crippen LogP contribution in [0.4, 0.5) is 0 Å². The van der Waals surface area contributed by atoms with E-state index in [4.69, 9.17) is 0 Å². The SMILES string of the molecule is CN(Cc1ccccc1)[C@@H](/C=C/c1ccccc1)c1ccccc1. The minimum atomic E-state index is 0.242. The van der Waals surface area contributed by atoms with Crippen LogP contribution in [0, 0.1) is 0 Å². The van der Waals surface area contributed by atoms with Gasteiger partial charge < -0.3 is 0 Å². The van der Waals surface area contributed by atoms with Gasteiger partial charge in [-0.1, -0.05) is 103 Å². The Kier molecular flexibility index (Phi) is 5.60. The second kappa shape index (κ2) is 8.28. The van der Waals surface area contributed by atoms with Gasteiger partial charge in [-0.25, -0.2) is 0 Å². The molecule has 3 aromatic rings. The van der Waals surface area contributed by atoms with Crippen LogP contribution in [-0.2, 0) is 6.54 Å². The van der Waals surface area contributed by atoms with Gasteiger partial charge in [0.1, 0.15) is 0 Å². The molecular formula is C23H23N. The number of likely N-dealkylation sites (N-methyl/N-ethyl adjacent to an activating group) is 1. The summed E-state index contributed by atoms with van der Waals surface area (Å²) in [5.74, 6) is 0. The average molecular weight is 313 g/mol. The molecule has 0 spiro atoms. The van der Waals surface area contributed by atoms with E-state index < -0.39 is 0 Å². The third-order valence-corrected chi connectivity index (χ3v) is 4.16. The Morgan fingerprint density at radius 1 is 0.750 bits per heavy atom. The molecule has 0 amide bonds. The topological polar surface area (TPSA) is 3.24 Å². The molecule has 1 nitrogen and oxygen atoms in total. The molecule has 24 heavy (non-hydrogen) atoms. The summed E-state index contributed by atoms with van der Waals surface area (Å²) in [6.45, 7) is 0.916. The fourth-order valence-electron chi connectivity index (χ4n) is 2.90. The predicted molar refractivity (Wildman–Crippen MR) is 103 cm³/mol. The summed E-state index contributed by atoms with van der Waals surface area (Å²) < 4.78 is 0. The zero-order valence-electron chi connectivity index (χ0n) is 14.0. The van der Waals surface area contributed by atoms with E-state index in [0.29, 0.717) is 0 Å². The van der Waals surface area contributed by atoms with Gasteiger partial charge in [-0.15, -0.1) is 0 Å². The van der Waals surface area contributed by atoms with Crippen LogP contribution in [0.5, 0.6) is 0 Å². The summed E-state index contributed by atoms with van der Waals surface area (Å²) >= 11 is 0. The largest absolute Gasteiger partial charge is 0.292 e. The second-order valence-corrected chi connectivity index (χ2v) is 6.03. The molecule has 0 saturated carbocycles. The molecule has 0 N–H and O–H groups in total. The van der Waals surface area contributed by atoms with Gasteiger partial charge in [-0.3, -0.25) is 4.90 Å². The lowest BCUT2D eigenvalue weighted by Gasteiger charge is -2.26. The van der Waals surface area contributed by atoms with Gasteiger partial charge in [0.05, 0.1) is 6.04 Å². The highest BCUT2D eigenvalue weighted by molar-refractivity contribution is 5.50. The predicted octanol–water partition coefficient (Wildman–Crippen LogP) is 5.57. The number of hydrogen-bond acceptors (Lipinski definition) is 1. The van der Waals surface area contributed by atoms with Crippen LogP contribution in [0.3, 0.4) is 0 Å². The second-order valence-electron chi connectivity index (χ2n) is 6.03. The maximum Gasteiger partial charge on any atom is 0.0535 e. The van der Waals surface area contributed by atoms with Crippen LogP contribution in [0.15, 0.2) is 97.1 Å². The first-order chi connectivity index (χ1) is 11.8. The van der Waals surface area contributed by atoms with Crippen LogP contribution in [0.25, 0.3) is 6.08 Å². The fraction of sp³-hybridized carbons (Fsp3) is 0.130. The molecular weight excluding hydrogens is 290 g/mol. The minimum absolute atomic E-state index is 0.242. The van der Waals surface area contributed by atoms with Crippen LogP contribution < -0.4 is 0 Å². The Hall–Kier alpha value is -2.64. The lowest BCUT2D eigenvalue weighted by atomic mass is 10.0. The van der Waals surface area contributed by atoms with Crippen LogP contribution >= 0.6 is 0 Å². The van der Waals surface area contributed by atoms with E-state index in [9.17, 15) is 0 Å². The third kappa shape index (κ3) is 4.43. The number of hydrogen-bond donors (Lipinski definition) is 0.